The van der Waals surface area contributed by atoms with Crippen LogP contribution >= 0.6 is 0 Å². The summed E-state index contributed by atoms with van der Waals surface area (Å²) in [7, 11) is 0. The molecule has 0 aliphatic carbocycles. The van der Waals surface area contributed by atoms with Gasteiger partial charge in [0.1, 0.15) is 6.04 Å². The number of benzene rings is 1. The molecule has 1 aliphatic rings. The van der Waals surface area contributed by atoms with Crippen LogP contribution in [0.5, 0.6) is 11.5 Å². The summed E-state index contributed by atoms with van der Waals surface area (Å²) in [6, 6.07) is 4.57. The van der Waals surface area contributed by atoms with Gasteiger partial charge in [0.25, 0.3) is 0 Å². The van der Waals surface area contributed by atoms with Crippen molar-refractivity contribution < 1.29 is 24.2 Å². The van der Waals surface area contributed by atoms with Gasteiger partial charge in [-0.3, -0.25) is 4.79 Å². The maximum atomic E-state index is 10.9. The molecule has 2 rings (SSSR count). The Kier molecular flexibility index (Phi) is 4.41. The van der Waals surface area contributed by atoms with Crippen molar-refractivity contribution in [3.05, 3.63) is 23.8 Å². The second-order valence-corrected chi connectivity index (χ2v) is 4.41. The summed E-state index contributed by atoms with van der Waals surface area (Å²) < 4.78 is 10.5. The van der Waals surface area contributed by atoms with Gasteiger partial charge in [-0.25, -0.2) is 4.79 Å². The van der Waals surface area contributed by atoms with E-state index in [0.717, 1.165) is 5.56 Å². The smallest absolute Gasteiger partial charge is 0.327 e. The van der Waals surface area contributed by atoms with E-state index in [1.54, 1.807) is 0 Å². The van der Waals surface area contributed by atoms with E-state index in [2.05, 4.69) is 10.6 Å². The number of hydrogen-bond donors (Lipinski definition) is 3. The largest absolute Gasteiger partial charge is 0.480 e. The van der Waals surface area contributed by atoms with E-state index in [4.69, 9.17) is 14.6 Å². The Morgan fingerprint density at radius 2 is 2.10 bits per heavy atom. The van der Waals surface area contributed by atoms with Crippen LogP contribution in [0.1, 0.15) is 12.5 Å². The monoisotopic (exact) mass is 280 g/mol. The van der Waals surface area contributed by atoms with Crippen molar-refractivity contribution in [2.75, 3.05) is 13.3 Å². The van der Waals surface area contributed by atoms with Crippen molar-refractivity contribution in [1.29, 1.82) is 0 Å². The number of rotatable bonds is 6. The molecule has 1 aromatic carbocycles. The molecule has 1 aromatic rings. The Balaban J connectivity index is 1.85. The van der Waals surface area contributed by atoms with Crippen LogP contribution in [0.3, 0.4) is 0 Å². The third-order valence-corrected chi connectivity index (χ3v) is 2.79. The second-order valence-electron chi connectivity index (χ2n) is 4.41. The molecule has 108 valence electrons. The Morgan fingerprint density at radius 1 is 1.35 bits per heavy atom. The van der Waals surface area contributed by atoms with Crippen molar-refractivity contribution in [2.45, 2.75) is 19.5 Å². The van der Waals surface area contributed by atoms with E-state index in [9.17, 15) is 9.59 Å². The van der Waals surface area contributed by atoms with Crippen LogP contribution in [-0.2, 0) is 16.1 Å². The summed E-state index contributed by atoms with van der Waals surface area (Å²) in [5, 5.41) is 14.3. The van der Waals surface area contributed by atoms with E-state index >= 15 is 0 Å². The molecule has 0 fully saturated rings. The summed E-state index contributed by atoms with van der Waals surface area (Å²) in [4.78, 5) is 21.8. The Labute approximate surface area is 115 Å². The molecular weight excluding hydrogens is 264 g/mol. The highest BCUT2D eigenvalue weighted by Crippen LogP contribution is 2.32. The number of carboxylic acid groups (broad SMARTS) is 1. The number of amides is 1. The van der Waals surface area contributed by atoms with E-state index in [1.807, 2.05) is 18.2 Å². The third-order valence-electron chi connectivity index (χ3n) is 2.79. The summed E-state index contributed by atoms with van der Waals surface area (Å²) >= 11 is 0. The maximum absolute atomic E-state index is 10.9. The first-order chi connectivity index (χ1) is 9.56. The minimum absolute atomic E-state index is 0.142. The molecule has 1 aliphatic heterocycles. The first-order valence-corrected chi connectivity index (χ1v) is 6.15. The van der Waals surface area contributed by atoms with E-state index < -0.39 is 12.0 Å². The zero-order chi connectivity index (χ0) is 14.5. The van der Waals surface area contributed by atoms with Crippen molar-refractivity contribution >= 4 is 11.9 Å². The van der Waals surface area contributed by atoms with Gasteiger partial charge in [0, 0.05) is 20.0 Å². The van der Waals surface area contributed by atoms with Gasteiger partial charge in [0.2, 0.25) is 12.7 Å². The molecule has 0 radical (unpaired) electrons. The Hall–Kier alpha value is -2.28. The van der Waals surface area contributed by atoms with Gasteiger partial charge in [0.05, 0.1) is 0 Å². The molecule has 1 unspecified atom stereocenters. The van der Waals surface area contributed by atoms with Crippen molar-refractivity contribution in [1.82, 2.24) is 10.6 Å². The topological polar surface area (TPSA) is 96.9 Å². The van der Waals surface area contributed by atoms with E-state index in [1.165, 1.54) is 6.92 Å². The number of ether oxygens (including phenoxy) is 2. The number of hydrogen-bond acceptors (Lipinski definition) is 5. The first kappa shape index (κ1) is 14.1. The predicted molar refractivity (Wildman–Crippen MR) is 69.5 cm³/mol. The molecule has 0 spiro atoms. The molecule has 7 heteroatoms. The fraction of sp³-hybridized carbons (Fsp3) is 0.385. The van der Waals surface area contributed by atoms with Gasteiger partial charge in [0.15, 0.2) is 11.5 Å². The van der Waals surface area contributed by atoms with Crippen LogP contribution in [0.15, 0.2) is 18.2 Å². The van der Waals surface area contributed by atoms with Crippen molar-refractivity contribution in [2.24, 2.45) is 0 Å². The lowest BCUT2D eigenvalue weighted by Gasteiger charge is -2.14. The highest BCUT2D eigenvalue weighted by atomic mass is 16.7. The number of aliphatic carboxylic acids is 1. The maximum Gasteiger partial charge on any atom is 0.327 e. The summed E-state index contributed by atoms with van der Waals surface area (Å²) in [5.74, 6) is -0.0583. The molecule has 1 heterocycles. The highest BCUT2D eigenvalue weighted by molar-refractivity contribution is 5.82. The molecule has 20 heavy (non-hydrogen) atoms. The normalized spacial score (nSPS) is 13.8. The fourth-order valence-electron chi connectivity index (χ4n) is 1.86. The number of carboxylic acids is 1. The zero-order valence-corrected chi connectivity index (χ0v) is 11.0. The summed E-state index contributed by atoms with van der Waals surface area (Å²) in [5.41, 5.74) is 0.946. The molecule has 0 saturated heterocycles. The second kappa shape index (κ2) is 6.25. The molecule has 3 N–H and O–H groups in total. The van der Waals surface area contributed by atoms with Gasteiger partial charge in [-0.05, 0) is 17.7 Å². The predicted octanol–water partition coefficient (Wildman–Crippen LogP) is 0.0942. The molecule has 7 nitrogen and oxygen atoms in total. The fourth-order valence-corrected chi connectivity index (χ4v) is 1.86. The minimum Gasteiger partial charge on any atom is -0.480 e. The quantitative estimate of drug-likeness (QED) is 0.683. The van der Waals surface area contributed by atoms with Gasteiger partial charge in [-0.1, -0.05) is 6.07 Å². The number of fused-ring (bicyclic) bond motifs is 1. The van der Waals surface area contributed by atoms with Gasteiger partial charge < -0.3 is 25.2 Å². The lowest BCUT2D eigenvalue weighted by atomic mass is 10.2. The lowest BCUT2D eigenvalue weighted by molar-refractivity contribution is -0.141. The number of nitrogens with one attached hydrogen (secondary N) is 2. The Bertz CT molecular complexity index is 517. The molecular formula is C13H16N2O5. The summed E-state index contributed by atoms with van der Waals surface area (Å²) in [6.45, 7) is 2.12. The Morgan fingerprint density at radius 3 is 2.80 bits per heavy atom. The summed E-state index contributed by atoms with van der Waals surface area (Å²) in [6.07, 6.45) is 0. The molecule has 0 bridgehead atoms. The van der Waals surface area contributed by atoms with Gasteiger partial charge >= 0.3 is 5.97 Å². The van der Waals surface area contributed by atoms with Crippen molar-refractivity contribution in [3.63, 3.8) is 0 Å². The van der Waals surface area contributed by atoms with Crippen LogP contribution < -0.4 is 20.1 Å². The standard InChI is InChI=1S/C13H16N2O5/c1-8(16)15-10(13(17)18)6-14-5-9-2-3-11-12(4-9)20-7-19-11/h2-4,10,14H,5-7H2,1H3,(H,15,16)(H,17,18). The van der Waals surface area contributed by atoms with Crippen LogP contribution in [0.2, 0.25) is 0 Å². The zero-order valence-electron chi connectivity index (χ0n) is 11.0. The third kappa shape index (κ3) is 3.61. The average molecular weight is 280 g/mol. The number of carbonyl (C=O) groups excluding carboxylic acids is 1. The molecule has 1 atom stereocenters. The van der Waals surface area contributed by atoms with Crippen LogP contribution in [0, 0.1) is 0 Å². The van der Waals surface area contributed by atoms with Gasteiger partial charge in [-0.15, -0.1) is 0 Å². The average Bonchev–Trinajstić information content (AvgIpc) is 2.84. The van der Waals surface area contributed by atoms with Crippen LogP contribution in [-0.4, -0.2) is 36.4 Å². The molecule has 1 amide bonds. The first-order valence-electron chi connectivity index (χ1n) is 6.15. The van der Waals surface area contributed by atoms with Gasteiger partial charge in [-0.2, -0.15) is 0 Å². The SMILES string of the molecule is CC(=O)NC(CNCc1ccc2c(c1)OCO2)C(=O)O. The van der Waals surface area contributed by atoms with Crippen LogP contribution in [0.25, 0.3) is 0 Å². The highest BCUT2D eigenvalue weighted by Gasteiger charge is 2.18. The lowest BCUT2D eigenvalue weighted by Crippen LogP contribution is -2.46. The van der Waals surface area contributed by atoms with E-state index in [-0.39, 0.29) is 19.2 Å². The van der Waals surface area contributed by atoms with Crippen molar-refractivity contribution in [3.8, 4) is 11.5 Å². The molecule has 0 aromatic heterocycles. The minimum atomic E-state index is -1.07. The van der Waals surface area contributed by atoms with E-state index in [0.29, 0.717) is 18.0 Å². The molecule has 0 saturated carbocycles. The number of carbonyl (C=O) groups is 2. The van der Waals surface area contributed by atoms with Crippen LogP contribution in [0.4, 0.5) is 0 Å².